The predicted octanol–water partition coefficient (Wildman–Crippen LogP) is 2.52. The highest BCUT2D eigenvalue weighted by Gasteiger charge is 2.25. The molecule has 2 aromatic rings. The average Bonchev–Trinajstić information content (AvgIpc) is 2.93. The Morgan fingerprint density at radius 2 is 2.21 bits per heavy atom. The molecule has 0 fully saturated rings. The van der Waals surface area contributed by atoms with Crippen molar-refractivity contribution in [2.75, 3.05) is 11.9 Å². The maximum Gasteiger partial charge on any atom is 0.340 e. The molecule has 1 amide bonds. The number of aromatic carboxylic acids is 1. The summed E-state index contributed by atoms with van der Waals surface area (Å²) in [6.45, 7) is 1.60. The van der Waals surface area contributed by atoms with Crippen molar-refractivity contribution >= 4 is 44.3 Å². The zero-order valence-electron chi connectivity index (χ0n) is 10.1. The maximum absolute atomic E-state index is 12.2. The fraction of sp³-hybridized carbons (Fsp3) is 0.182. The Hall–Kier alpha value is -1.67. The number of hydrogen-bond donors (Lipinski definition) is 2. The number of nitrogens with one attached hydrogen (secondary N) is 1. The van der Waals surface area contributed by atoms with Crippen molar-refractivity contribution in [1.82, 2.24) is 9.36 Å². The molecule has 0 aliphatic carbocycles. The van der Waals surface area contributed by atoms with Crippen LogP contribution in [-0.2, 0) is 0 Å². The normalized spacial score (nSPS) is 10.5. The van der Waals surface area contributed by atoms with Crippen molar-refractivity contribution in [2.45, 2.75) is 6.92 Å². The minimum Gasteiger partial charge on any atom is -0.478 e. The number of carbonyl (C=O) groups is 2. The first-order chi connectivity index (χ1) is 8.91. The third-order valence-electron chi connectivity index (χ3n) is 2.55. The Kier molecular flexibility index (Phi) is 3.72. The molecular formula is C11H10BrN3O3S. The van der Waals surface area contributed by atoms with E-state index in [0.717, 1.165) is 16.0 Å². The topological polar surface area (TPSA) is 86.3 Å². The largest absolute Gasteiger partial charge is 0.478 e. The summed E-state index contributed by atoms with van der Waals surface area (Å²) < 4.78 is 4.74. The molecule has 0 saturated heterocycles. The average molecular weight is 344 g/mol. The number of aryl methyl sites for hydroxylation is 1. The number of carboxylic acid groups (broad SMARTS) is 1. The van der Waals surface area contributed by atoms with Crippen molar-refractivity contribution in [2.24, 2.45) is 0 Å². The van der Waals surface area contributed by atoms with E-state index in [0.29, 0.717) is 16.4 Å². The van der Waals surface area contributed by atoms with Crippen molar-refractivity contribution in [3.63, 3.8) is 0 Å². The molecule has 2 rings (SSSR count). The smallest absolute Gasteiger partial charge is 0.340 e. The third-order valence-corrected chi connectivity index (χ3v) is 4.02. The number of nitrogens with zero attached hydrogens (tertiary/aromatic N) is 2. The van der Waals surface area contributed by atoms with Gasteiger partial charge < -0.3 is 10.1 Å². The Bertz CT molecular complexity index is 649. The standard InChI is InChI=1S/C11H10BrN3O3S/c1-5-8(11(17)18)10(19-14-5)15(2)9(16)7-3-6(12)4-13-7/h3-4,13H,1-2H3,(H,17,18). The summed E-state index contributed by atoms with van der Waals surface area (Å²) in [6.07, 6.45) is 1.64. The summed E-state index contributed by atoms with van der Waals surface area (Å²) in [6, 6.07) is 1.63. The molecule has 0 atom stereocenters. The molecule has 100 valence electrons. The lowest BCUT2D eigenvalue weighted by Crippen LogP contribution is -2.27. The first kappa shape index (κ1) is 13.8. The van der Waals surface area contributed by atoms with Crippen molar-refractivity contribution in [3.05, 3.63) is 33.7 Å². The highest BCUT2D eigenvalue weighted by molar-refractivity contribution is 9.10. The number of halogens is 1. The minimum atomic E-state index is -1.09. The molecule has 0 spiro atoms. The lowest BCUT2D eigenvalue weighted by Gasteiger charge is -2.14. The van der Waals surface area contributed by atoms with E-state index >= 15 is 0 Å². The second kappa shape index (κ2) is 5.14. The van der Waals surface area contributed by atoms with Gasteiger partial charge >= 0.3 is 5.97 Å². The maximum atomic E-state index is 12.2. The number of carbonyl (C=O) groups excluding carboxylic acids is 1. The van der Waals surface area contributed by atoms with Gasteiger partial charge in [-0.3, -0.25) is 9.69 Å². The summed E-state index contributed by atoms with van der Waals surface area (Å²) in [5.41, 5.74) is 0.836. The van der Waals surface area contributed by atoms with Gasteiger partial charge in [-0.05, 0) is 40.5 Å². The van der Waals surface area contributed by atoms with Crippen LogP contribution in [0.3, 0.4) is 0 Å². The minimum absolute atomic E-state index is 0.0615. The lowest BCUT2D eigenvalue weighted by molar-refractivity contribution is 0.0697. The molecule has 2 heterocycles. The van der Waals surface area contributed by atoms with Crippen LogP contribution in [0.1, 0.15) is 26.5 Å². The van der Waals surface area contributed by atoms with Crippen molar-refractivity contribution in [3.8, 4) is 0 Å². The number of amides is 1. The van der Waals surface area contributed by atoms with Crippen LogP contribution in [0.25, 0.3) is 0 Å². The summed E-state index contributed by atoms with van der Waals surface area (Å²) >= 11 is 4.23. The Morgan fingerprint density at radius 3 is 2.74 bits per heavy atom. The fourth-order valence-corrected chi connectivity index (χ4v) is 2.79. The number of aromatic nitrogens is 2. The van der Waals surface area contributed by atoms with Crippen LogP contribution in [0.5, 0.6) is 0 Å². The van der Waals surface area contributed by atoms with Gasteiger partial charge in [0.05, 0.1) is 5.69 Å². The monoisotopic (exact) mass is 343 g/mol. The first-order valence-electron chi connectivity index (χ1n) is 5.23. The van der Waals surface area contributed by atoms with E-state index in [1.54, 1.807) is 19.2 Å². The fourth-order valence-electron chi connectivity index (χ4n) is 1.60. The lowest BCUT2D eigenvalue weighted by atomic mass is 10.2. The Morgan fingerprint density at radius 1 is 1.53 bits per heavy atom. The van der Waals surface area contributed by atoms with Gasteiger partial charge in [0.2, 0.25) is 0 Å². The Balaban J connectivity index is 2.37. The molecule has 6 nitrogen and oxygen atoms in total. The number of H-pyrrole nitrogens is 1. The number of rotatable bonds is 3. The van der Waals surface area contributed by atoms with Gasteiger partial charge in [-0.2, -0.15) is 4.37 Å². The zero-order valence-corrected chi connectivity index (χ0v) is 12.5. The molecule has 0 saturated carbocycles. The zero-order chi connectivity index (χ0) is 14.2. The van der Waals surface area contributed by atoms with Crippen LogP contribution in [0, 0.1) is 6.92 Å². The van der Waals surface area contributed by atoms with Gasteiger partial charge in [-0.15, -0.1) is 0 Å². The second-order valence-corrected chi connectivity index (χ2v) is 5.52. The number of hydrogen-bond acceptors (Lipinski definition) is 4. The van der Waals surface area contributed by atoms with Crippen molar-refractivity contribution < 1.29 is 14.7 Å². The number of anilines is 1. The van der Waals surface area contributed by atoms with E-state index in [4.69, 9.17) is 5.11 Å². The predicted molar refractivity (Wildman–Crippen MR) is 75.0 cm³/mol. The van der Waals surface area contributed by atoms with Crippen LogP contribution in [0.2, 0.25) is 0 Å². The van der Waals surface area contributed by atoms with E-state index in [-0.39, 0.29) is 11.5 Å². The summed E-state index contributed by atoms with van der Waals surface area (Å²) in [5.74, 6) is -1.41. The molecule has 0 aliphatic rings. The van der Waals surface area contributed by atoms with Gasteiger partial charge in [0.15, 0.2) is 0 Å². The third kappa shape index (κ3) is 2.54. The molecular weight excluding hydrogens is 334 g/mol. The van der Waals surface area contributed by atoms with Gasteiger partial charge in [0.1, 0.15) is 16.3 Å². The molecule has 0 unspecified atom stereocenters. The SMILES string of the molecule is Cc1nsc(N(C)C(=O)c2cc(Br)c[nH]2)c1C(=O)O. The van der Waals surface area contributed by atoms with Crippen LogP contribution in [0.4, 0.5) is 5.00 Å². The molecule has 8 heteroatoms. The molecule has 0 aliphatic heterocycles. The number of carboxylic acids is 1. The molecule has 2 N–H and O–H groups in total. The second-order valence-electron chi connectivity index (χ2n) is 3.85. The van der Waals surface area contributed by atoms with E-state index in [1.807, 2.05) is 0 Å². The molecule has 0 bridgehead atoms. The van der Waals surface area contributed by atoms with E-state index < -0.39 is 5.97 Å². The molecule has 0 aromatic carbocycles. The molecule has 2 aromatic heterocycles. The van der Waals surface area contributed by atoms with Crippen molar-refractivity contribution in [1.29, 1.82) is 0 Å². The van der Waals surface area contributed by atoms with Crippen LogP contribution >= 0.6 is 27.5 Å². The van der Waals surface area contributed by atoms with E-state index in [1.165, 1.54) is 11.9 Å². The quantitative estimate of drug-likeness (QED) is 0.896. The first-order valence-corrected chi connectivity index (χ1v) is 6.80. The number of aromatic amines is 1. The van der Waals surface area contributed by atoms with Gasteiger partial charge in [-0.25, -0.2) is 4.79 Å². The van der Waals surface area contributed by atoms with Crippen LogP contribution in [-0.4, -0.2) is 33.4 Å². The molecule has 19 heavy (non-hydrogen) atoms. The van der Waals surface area contributed by atoms with Crippen LogP contribution < -0.4 is 4.90 Å². The summed E-state index contributed by atoms with van der Waals surface area (Å²) in [4.78, 5) is 27.5. The Labute approximate surface area is 121 Å². The molecule has 0 radical (unpaired) electrons. The van der Waals surface area contributed by atoms with Gasteiger partial charge in [-0.1, -0.05) is 0 Å². The van der Waals surface area contributed by atoms with E-state index in [2.05, 4.69) is 25.3 Å². The van der Waals surface area contributed by atoms with Gasteiger partial charge in [0, 0.05) is 17.7 Å². The highest BCUT2D eigenvalue weighted by Crippen LogP contribution is 2.29. The summed E-state index contributed by atoms with van der Waals surface area (Å²) in [5, 5.41) is 9.47. The van der Waals surface area contributed by atoms with Gasteiger partial charge in [0.25, 0.3) is 5.91 Å². The summed E-state index contributed by atoms with van der Waals surface area (Å²) in [7, 11) is 1.52. The highest BCUT2D eigenvalue weighted by atomic mass is 79.9. The van der Waals surface area contributed by atoms with Crippen LogP contribution in [0.15, 0.2) is 16.7 Å². The van der Waals surface area contributed by atoms with E-state index in [9.17, 15) is 9.59 Å².